The molecule has 0 aromatic heterocycles. The van der Waals surface area contributed by atoms with Crippen molar-refractivity contribution in [1.29, 1.82) is 0 Å². The van der Waals surface area contributed by atoms with Crippen molar-refractivity contribution in [2.45, 2.75) is 13.5 Å². The summed E-state index contributed by atoms with van der Waals surface area (Å²) in [6.45, 7) is -1.24. The van der Waals surface area contributed by atoms with Gasteiger partial charge in [-0.05, 0) is 18.6 Å². The summed E-state index contributed by atoms with van der Waals surface area (Å²) in [6, 6.07) is 6.44. The van der Waals surface area contributed by atoms with Gasteiger partial charge in [0.15, 0.2) is 0 Å². The quantitative estimate of drug-likeness (QED) is 0.834. The van der Waals surface area contributed by atoms with Crippen LogP contribution in [0.25, 0.3) is 6.08 Å². The van der Waals surface area contributed by atoms with Crippen molar-refractivity contribution < 1.29 is 18.6 Å². The number of hydrogen-bond donors (Lipinski definition) is 1. The summed E-state index contributed by atoms with van der Waals surface area (Å²) in [7, 11) is 0. The summed E-state index contributed by atoms with van der Waals surface area (Å²) in [4.78, 5) is 0. The largest absolute Gasteiger partial charge is 0.434 e. The number of alkyl halides is 2. The van der Waals surface area contributed by atoms with Crippen LogP contribution in [0.2, 0.25) is 0 Å². The summed E-state index contributed by atoms with van der Waals surface area (Å²) in [6.07, 6.45) is 1.61. The minimum absolute atomic E-state index is 0.108. The molecular weight excluding hydrogens is 202 g/mol. The smallest absolute Gasteiger partial charge is 0.387 e. The highest BCUT2D eigenvalue weighted by molar-refractivity contribution is 5.59. The lowest BCUT2D eigenvalue weighted by Gasteiger charge is -2.07. The number of ether oxygens (including phenoxy) is 1. The number of halogens is 2. The standard InChI is InChI=1S/C11H12F2O2/c1-8(7-14)6-9-4-2-3-5-10(9)15-11(12)13/h2-6,11,14H,7H2,1H3. The Morgan fingerprint density at radius 2 is 2.13 bits per heavy atom. The van der Waals surface area contributed by atoms with Gasteiger partial charge in [0.25, 0.3) is 0 Å². The Labute approximate surface area is 86.8 Å². The van der Waals surface area contributed by atoms with Gasteiger partial charge in [-0.25, -0.2) is 0 Å². The fourth-order valence-corrected chi connectivity index (χ4v) is 1.11. The predicted octanol–water partition coefficient (Wildman–Crippen LogP) is 2.68. The van der Waals surface area contributed by atoms with Crippen LogP contribution in [-0.2, 0) is 0 Å². The molecule has 0 spiro atoms. The molecule has 1 aromatic rings. The van der Waals surface area contributed by atoms with Crippen molar-refractivity contribution >= 4 is 6.08 Å². The van der Waals surface area contributed by atoms with Gasteiger partial charge in [0, 0.05) is 5.56 Å². The number of para-hydroxylation sites is 1. The Morgan fingerprint density at radius 1 is 1.47 bits per heavy atom. The Bertz CT molecular complexity index is 348. The van der Waals surface area contributed by atoms with Gasteiger partial charge in [-0.2, -0.15) is 8.78 Å². The van der Waals surface area contributed by atoms with Crippen LogP contribution in [0.5, 0.6) is 5.75 Å². The van der Waals surface area contributed by atoms with E-state index in [1.54, 1.807) is 31.2 Å². The van der Waals surface area contributed by atoms with E-state index >= 15 is 0 Å². The van der Waals surface area contributed by atoms with Crippen LogP contribution in [0.1, 0.15) is 12.5 Å². The predicted molar refractivity (Wildman–Crippen MR) is 53.8 cm³/mol. The zero-order valence-electron chi connectivity index (χ0n) is 8.28. The minimum Gasteiger partial charge on any atom is -0.434 e. The van der Waals surface area contributed by atoms with Gasteiger partial charge in [-0.3, -0.25) is 0 Å². The number of rotatable bonds is 4. The lowest BCUT2D eigenvalue weighted by atomic mass is 10.1. The third-order valence-corrected chi connectivity index (χ3v) is 1.79. The second-order valence-electron chi connectivity index (χ2n) is 3.07. The summed E-state index contributed by atoms with van der Waals surface area (Å²) in [5, 5.41) is 8.81. The molecule has 0 bridgehead atoms. The van der Waals surface area contributed by atoms with Gasteiger partial charge in [0.05, 0.1) is 6.61 Å². The molecule has 82 valence electrons. The van der Waals surface area contributed by atoms with Gasteiger partial charge in [0.2, 0.25) is 0 Å². The van der Waals surface area contributed by atoms with E-state index in [-0.39, 0.29) is 12.4 Å². The van der Waals surface area contributed by atoms with Gasteiger partial charge in [-0.15, -0.1) is 0 Å². The normalized spacial score (nSPS) is 11.9. The first kappa shape index (κ1) is 11.7. The molecule has 4 heteroatoms. The Kier molecular flexibility index (Phi) is 4.24. The van der Waals surface area contributed by atoms with Crippen molar-refractivity contribution in [2.75, 3.05) is 6.61 Å². The van der Waals surface area contributed by atoms with Crippen LogP contribution in [-0.4, -0.2) is 18.3 Å². The molecule has 2 nitrogen and oxygen atoms in total. The first-order chi connectivity index (χ1) is 7.13. The minimum atomic E-state index is -2.84. The van der Waals surface area contributed by atoms with Crippen molar-refractivity contribution in [3.63, 3.8) is 0 Å². The van der Waals surface area contributed by atoms with Crippen LogP contribution in [0.3, 0.4) is 0 Å². The fraction of sp³-hybridized carbons (Fsp3) is 0.273. The Hall–Kier alpha value is -1.42. The molecule has 0 unspecified atom stereocenters. The number of hydrogen-bond acceptors (Lipinski definition) is 2. The molecule has 0 saturated carbocycles. The average Bonchev–Trinajstić information content (AvgIpc) is 2.20. The fourth-order valence-electron chi connectivity index (χ4n) is 1.11. The van der Waals surface area contributed by atoms with E-state index in [9.17, 15) is 8.78 Å². The molecule has 1 rings (SSSR count). The van der Waals surface area contributed by atoms with Crippen LogP contribution >= 0.6 is 0 Å². The van der Waals surface area contributed by atoms with Crippen LogP contribution < -0.4 is 4.74 Å². The van der Waals surface area contributed by atoms with Crippen LogP contribution in [0.15, 0.2) is 29.8 Å². The maximum absolute atomic E-state index is 12.0. The molecule has 1 N–H and O–H groups in total. The van der Waals surface area contributed by atoms with E-state index < -0.39 is 6.61 Å². The van der Waals surface area contributed by atoms with Gasteiger partial charge < -0.3 is 9.84 Å². The van der Waals surface area contributed by atoms with Gasteiger partial charge >= 0.3 is 6.61 Å². The molecule has 0 radical (unpaired) electrons. The van der Waals surface area contributed by atoms with E-state index in [0.29, 0.717) is 11.1 Å². The highest BCUT2D eigenvalue weighted by atomic mass is 19.3. The summed E-state index contributed by atoms with van der Waals surface area (Å²) in [5.74, 6) is 0.111. The van der Waals surface area contributed by atoms with Crippen LogP contribution in [0, 0.1) is 0 Å². The first-order valence-corrected chi connectivity index (χ1v) is 4.45. The average molecular weight is 214 g/mol. The van der Waals surface area contributed by atoms with Crippen molar-refractivity contribution in [2.24, 2.45) is 0 Å². The SMILES string of the molecule is CC(=Cc1ccccc1OC(F)F)CO. The first-order valence-electron chi connectivity index (χ1n) is 4.45. The molecule has 0 atom stereocenters. The van der Waals surface area contributed by atoms with Gasteiger partial charge in [-0.1, -0.05) is 24.3 Å². The van der Waals surface area contributed by atoms with Crippen molar-refractivity contribution in [3.05, 3.63) is 35.4 Å². The topological polar surface area (TPSA) is 29.5 Å². The van der Waals surface area contributed by atoms with Crippen molar-refractivity contribution in [1.82, 2.24) is 0 Å². The third-order valence-electron chi connectivity index (χ3n) is 1.79. The molecule has 0 aliphatic heterocycles. The van der Waals surface area contributed by atoms with E-state index in [1.807, 2.05) is 0 Å². The lowest BCUT2D eigenvalue weighted by molar-refractivity contribution is -0.0499. The molecule has 0 heterocycles. The van der Waals surface area contributed by atoms with E-state index in [0.717, 1.165) is 0 Å². The van der Waals surface area contributed by atoms with E-state index in [2.05, 4.69) is 4.74 Å². The zero-order chi connectivity index (χ0) is 11.3. The molecule has 0 aliphatic carbocycles. The molecular formula is C11H12F2O2. The number of aliphatic hydroxyl groups is 1. The van der Waals surface area contributed by atoms with Gasteiger partial charge in [0.1, 0.15) is 5.75 Å². The van der Waals surface area contributed by atoms with E-state index in [4.69, 9.17) is 5.11 Å². The second kappa shape index (κ2) is 5.46. The van der Waals surface area contributed by atoms with Crippen molar-refractivity contribution in [3.8, 4) is 5.75 Å². The summed E-state index contributed by atoms with van der Waals surface area (Å²) in [5.41, 5.74) is 1.21. The molecule has 0 fully saturated rings. The number of aliphatic hydroxyl groups excluding tert-OH is 1. The summed E-state index contributed by atoms with van der Waals surface area (Å²) >= 11 is 0. The van der Waals surface area contributed by atoms with Crippen LogP contribution in [0.4, 0.5) is 8.78 Å². The Balaban J connectivity index is 2.96. The highest BCUT2D eigenvalue weighted by Gasteiger charge is 2.07. The zero-order valence-corrected chi connectivity index (χ0v) is 8.28. The maximum atomic E-state index is 12.0. The van der Waals surface area contributed by atoms with E-state index in [1.165, 1.54) is 6.07 Å². The summed E-state index contributed by atoms with van der Waals surface area (Å²) < 4.78 is 28.4. The maximum Gasteiger partial charge on any atom is 0.387 e. The molecule has 0 amide bonds. The molecule has 0 aliphatic rings. The second-order valence-corrected chi connectivity index (χ2v) is 3.07. The Morgan fingerprint density at radius 3 is 2.73 bits per heavy atom. The third kappa shape index (κ3) is 3.67. The highest BCUT2D eigenvalue weighted by Crippen LogP contribution is 2.22. The lowest BCUT2D eigenvalue weighted by Crippen LogP contribution is -2.03. The molecule has 15 heavy (non-hydrogen) atoms. The number of benzene rings is 1. The molecule has 0 saturated heterocycles. The monoisotopic (exact) mass is 214 g/mol. The molecule has 1 aromatic carbocycles.